The third-order valence-electron chi connectivity index (χ3n) is 5.39. The molecule has 2 saturated heterocycles. The highest BCUT2D eigenvalue weighted by molar-refractivity contribution is 7.91. The SMILES string of the molecule is CCOc1ccc(N2C(=O)N(Cc3cccc(OC)c3)[C@H]3CS(=O)(=O)C[C@H]32)cc1. The van der Waals surface area contributed by atoms with Gasteiger partial charge in [-0.15, -0.1) is 0 Å². The average Bonchev–Trinajstić information content (AvgIpc) is 3.13. The number of benzene rings is 2. The van der Waals surface area contributed by atoms with Gasteiger partial charge in [0.25, 0.3) is 0 Å². The summed E-state index contributed by atoms with van der Waals surface area (Å²) < 4.78 is 35.5. The van der Waals surface area contributed by atoms with E-state index in [-0.39, 0.29) is 23.6 Å². The third-order valence-corrected chi connectivity index (χ3v) is 7.09. The van der Waals surface area contributed by atoms with E-state index in [0.29, 0.717) is 30.3 Å². The number of methoxy groups -OCH3 is 1. The standard InChI is InChI=1S/C21H24N2O5S/c1-3-28-17-9-7-16(8-10-17)23-20-14-29(25,26)13-19(20)22(21(23)24)12-15-5-4-6-18(11-15)27-2/h4-11,19-20H,3,12-14H2,1-2H3/t19-,20+/m0/s1. The Bertz CT molecular complexity index is 1010. The molecule has 0 aromatic heterocycles. The van der Waals surface area contributed by atoms with Crippen molar-refractivity contribution < 1.29 is 22.7 Å². The Kier molecular flexibility index (Phi) is 5.12. The summed E-state index contributed by atoms with van der Waals surface area (Å²) in [6.45, 7) is 2.79. The zero-order valence-electron chi connectivity index (χ0n) is 16.4. The minimum absolute atomic E-state index is 0.0130. The monoisotopic (exact) mass is 416 g/mol. The van der Waals surface area contributed by atoms with Crippen molar-refractivity contribution in [2.24, 2.45) is 0 Å². The summed E-state index contributed by atoms with van der Waals surface area (Å²) in [5, 5.41) is 0. The zero-order chi connectivity index (χ0) is 20.6. The second kappa shape index (κ2) is 7.59. The first kappa shape index (κ1) is 19.6. The van der Waals surface area contributed by atoms with Gasteiger partial charge in [0.1, 0.15) is 11.5 Å². The number of sulfone groups is 1. The van der Waals surface area contributed by atoms with E-state index in [9.17, 15) is 13.2 Å². The van der Waals surface area contributed by atoms with Crippen LogP contribution in [0.2, 0.25) is 0 Å². The van der Waals surface area contributed by atoms with Gasteiger partial charge < -0.3 is 14.4 Å². The number of amides is 2. The van der Waals surface area contributed by atoms with Gasteiger partial charge in [0.2, 0.25) is 0 Å². The van der Waals surface area contributed by atoms with Gasteiger partial charge in [-0.2, -0.15) is 0 Å². The van der Waals surface area contributed by atoms with Crippen molar-refractivity contribution in [1.82, 2.24) is 4.90 Å². The summed E-state index contributed by atoms with van der Waals surface area (Å²) in [5.41, 5.74) is 1.58. The Morgan fingerprint density at radius 3 is 2.45 bits per heavy atom. The first-order chi connectivity index (χ1) is 13.9. The predicted molar refractivity (Wildman–Crippen MR) is 110 cm³/mol. The highest BCUT2D eigenvalue weighted by Crippen LogP contribution is 2.36. The number of urea groups is 1. The molecule has 0 radical (unpaired) electrons. The van der Waals surface area contributed by atoms with Gasteiger partial charge in [0.15, 0.2) is 9.84 Å². The van der Waals surface area contributed by atoms with E-state index < -0.39 is 15.9 Å². The molecular weight excluding hydrogens is 392 g/mol. The van der Waals surface area contributed by atoms with Crippen LogP contribution in [0, 0.1) is 0 Å². The van der Waals surface area contributed by atoms with Crippen molar-refractivity contribution in [3.8, 4) is 11.5 Å². The van der Waals surface area contributed by atoms with E-state index in [4.69, 9.17) is 9.47 Å². The Morgan fingerprint density at radius 1 is 1.03 bits per heavy atom. The summed E-state index contributed by atoms with van der Waals surface area (Å²) in [5.74, 6) is 1.38. The van der Waals surface area contributed by atoms with Crippen LogP contribution in [-0.4, -0.2) is 56.7 Å². The minimum Gasteiger partial charge on any atom is -0.497 e. The highest BCUT2D eigenvalue weighted by atomic mass is 32.2. The van der Waals surface area contributed by atoms with Crippen LogP contribution in [0.1, 0.15) is 12.5 Å². The number of hydrogen-bond acceptors (Lipinski definition) is 5. The Morgan fingerprint density at radius 2 is 1.76 bits per heavy atom. The lowest BCUT2D eigenvalue weighted by molar-refractivity contribution is 0.205. The van der Waals surface area contributed by atoms with Crippen LogP contribution >= 0.6 is 0 Å². The number of carbonyl (C=O) groups excluding carboxylic acids is 1. The van der Waals surface area contributed by atoms with Crippen molar-refractivity contribution in [3.05, 3.63) is 54.1 Å². The molecule has 0 N–H and O–H groups in total. The van der Waals surface area contributed by atoms with E-state index in [1.165, 1.54) is 0 Å². The summed E-state index contributed by atoms with van der Waals surface area (Å²) in [7, 11) is -1.62. The molecule has 2 amide bonds. The molecule has 2 aliphatic rings. The Hall–Kier alpha value is -2.74. The van der Waals surface area contributed by atoms with Crippen LogP contribution in [0.25, 0.3) is 0 Å². The molecule has 154 valence electrons. The van der Waals surface area contributed by atoms with Crippen LogP contribution in [0.5, 0.6) is 11.5 Å². The number of hydrogen-bond donors (Lipinski definition) is 0. The quantitative estimate of drug-likeness (QED) is 0.677. The van der Waals surface area contributed by atoms with Crippen molar-refractivity contribution in [1.29, 1.82) is 0 Å². The molecule has 2 fully saturated rings. The zero-order valence-corrected chi connectivity index (χ0v) is 17.3. The molecule has 0 saturated carbocycles. The summed E-state index contributed by atoms with van der Waals surface area (Å²) >= 11 is 0. The number of nitrogens with zero attached hydrogens (tertiary/aromatic N) is 2. The second-order valence-corrected chi connectivity index (χ2v) is 9.42. The van der Waals surface area contributed by atoms with Gasteiger partial charge in [-0.1, -0.05) is 12.1 Å². The molecule has 2 aromatic carbocycles. The first-order valence-electron chi connectivity index (χ1n) is 9.58. The number of fused-ring (bicyclic) bond motifs is 1. The van der Waals surface area contributed by atoms with Gasteiger partial charge in [0, 0.05) is 12.2 Å². The second-order valence-electron chi connectivity index (χ2n) is 7.27. The van der Waals surface area contributed by atoms with E-state index in [1.54, 1.807) is 41.2 Å². The molecule has 8 heteroatoms. The topological polar surface area (TPSA) is 76.2 Å². The van der Waals surface area contributed by atoms with E-state index in [2.05, 4.69) is 0 Å². The lowest BCUT2D eigenvalue weighted by Crippen LogP contribution is -2.37. The van der Waals surface area contributed by atoms with Gasteiger partial charge in [-0.3, -0.25) is 4.90 Å². The van der Waals surface area contributed by atoms with Crippen LogP contribution < -0.4 is 14.4 Å². The molecular formula is C21H24N2O5S. The normalized spacial score (nSPS) is 22.6. The van der Waals surface area contributed by atoms with E-state index in [1.807, 2.05) is 31.2 Å². The lowest BCUT2D eigenvalue weighted by Gasteiger charge is -2.23. The fraction of sp³-hybridized carbons (Fsp3) is 0.381. The van der Waals surface area contributed by atoms with Crippen molar-refractivity contribution in [3.63, 3.8) is 0 Å². The lowest BCUT2D eigenvalue weighted by atomic mass is 10.1. The summed E-state index contributed by atoms with van der Waals surface area (Å²) in [6, 6.07) is 13.7. The summed E-state index contributed by atoms with van der Waals surface area (Å²) in [4.78, 5) is 16.6. The largest absolute Gasteiger partial charge is 0.497 e. The molecule has 0 unspecified atom stereocenters. The average molecular weight is 416 g/mol. The fourth-order valence-electron chi connectivity index (χ4n) is 4.10. The predicted octanol–water partition coefficient (Wildman–Crippen LogP) is 2.70. The van der Waals surface area contributed by atoms with Crippen LogP contribution in [0.4, 0.5) is 10.5 Å². The number of carbonyl (C=O) groups is 1. The van der Waals surface area contributed by atoms with Crippen LogP contribution in [0.15, 0.2) is 48.5 Å². The molecule has 2 aromatic rings. The number of anilines is 1. The summed E-state index contributed by atoms with van der Waals surface area (Å²) in [6.07, 6.45) is 0. The van der Waals surface area contributed by atoms with Crippen LogP contribution in [-0.2, 0) is 16.4 Å². The van der Waals surface area contributed by atoms with E-state index >= 15 is 0 Å². The molecule has 4 rings (SSSR count). The van der Waals surface area contributed by atoms with Gasteiger partial charge in [-0.25, -0.2) is 13.2 Å². The van der Waals surface area contributed by atoms with E-state index in [0.717, 1.165) is 5.56 Å². The van der Waals surface area contributed by atoms with Gasteiger partial charge in [-0.05, 0) is 48.9 Å². The maximum atomic E-state index is 13.3. The molecule has 0 aliphatic carbocycles. The fourth-order valence-corrected chi connectivity index (χ4v) is 6.05. The minimum atomic E-state index is -3.21. The third kappa shape index (κ3) is 3.76. The maximum Gasteiger partial charge on any atom is 0.325 e. The van der Waals surface area contributed by atoms with Crippen LogP contribution in [0.3, 0.4) is 0 Å². The smallest absolute Gasteiger partial charge is 0.325 e. The molecule has 29 heavy (non-hydrogen) atoms. The first-order valence-corrected chi connectivity index (χ1v) is 11.4. The van der Waals surface area contributed by atoms with Gasteiger partial charge in [0.05, 0.1) is 37.3 Å². The van der Waals surface area contributed by atoms with Crippen molar-refractivity contribution >= 4 is 21.6 Å². The molecule has 7 nitrogen and oxygen atoms in total. The highest BCUT2D eigenvalue weighted by Gasteiger charge is 2.53. The number of ether oxygens (including phenoxy) is 2. The van der Waals surface area contributed by atoms with Gasteiger partial charge >= 0.3 is 6.03 Å². The molecule has 0 spiro atoms. The number of rotatable bonds is 6. The Balaban J connectivity index is 1.65. The molecule has 2 heterocycles. The molecule has 0 bridgehead atoms. The maximum absolute atomic E-state index is 13.3. The Labute approximate surface area is 170 Å². The van der Waals surface area contributed by atoms with Crippen molar-refractivity contribution in [2.75, 3.05) is 30.1 Å². The van der Waals surface area contributed by atoms with Crippen molar-refractivity contribution in [2.45, 2.75) is 25.6 Å². The molecule has 2 atom stereocenters. The molecule has 2 aliphatic heterocycles.